The number of nitrogens with zero attached hydrogens (tertiary/aromatic N) is 1. The Morgan fingerprint density at radius 2 is 0.963 bits per heavy atom. The fourth-order valence-corrected chi connectivity index (χ4v) is 8.76. The van der Waals surface area contributed by atoms with E-state index in [2.05, 4.69) is 219 Å². The Balaban J connectivity index is 1.16. The second-order valence-corrected chi connectivity index (χ2v) is 14.9. The number of hydrogen-bond donors (Lipinski definition) is 0. The van der Waals surface area contributed by atoms with Gasteiger partial charge in [-0.3, -0.25) is 0 Å². The summed E-state index contributed by atoms with van der Waals surface area (Å²) in [5, 5.41) is 4.99. The molecule has 256 valence electrons. The first-order chi connectivity index (χ1) is 26.5. The van der Waals surface area contributed by atoms with E-state index >= 15 is 0 Å². The zero-order valence-electron chi connectivity index (χ0n) is 30.5. The average molecular weight is 690 g/mol. The lowest BCUT2D eigenvalue weighted by Crippen LogP contribution is -2.15. The minimum Gasteiger partial charge on any atom is -0.310 e. The van der Waals surface area contributed by atoms with Gasteiger partial charge in [-0.05, 0) is 108 Å². The molecule has 0 spiro atoms. The molecular weight excluding hydrogens is 651 g/mol. The van der Waals surface area contributed by atoms with Crippen molar-refractivity contribution < 1.29 is 0 Å². The van der Waals surface area contributed by atoms with Gasteiger partial charge in [0.15, 0.2) is 0 Å². The molecule has 1 heteroatoms. The zero-order chi connectivity index (χ0) is 36.2. The third-order valence-corrected chi connectivity index (χ3v) is 11.5. The third-order valence-electron chi connectivity index (χ3n) is 11.5. The van der Waals surface area contributed by atoms with Gasteiger partial charge in [-0.2, -0.15) is 0 Å². The maximum absolute atomic E-state index is 2.45. The lowest BCUT2D eigenvalue weighted by Gasteiger charge is -2.29. The minimum atomic E-state index is -0.0593. The van der Waals surface area contributed by atoms with Crippen molar-refractivity contribution in [3.05, 3.63) is 211 Å². The fourth-order valence-electron chi connectivity index (χ4n) is 8.76. The lowest BCUT2D eigenvalue weighted by molar-refractivity contribution is 0.660. The highest BCUT2D eigenvalue weighted by Gasteiger charge is 2.35. The van der Waals surface area contributed by atoms with Crippen molar-refractivity contribution in [2.24, 2.45) is 0 Å². The second kappa shape index (κ2) is 12.8. The number of fused-ring (bicyclic) bond motifs is 5. The van der Waals surface area contributed by atoms with E-state index in [0.717, 1.165) is 17.1 Å². The third kappa shape index (κ3) is 5.24. The van der Waals surface area contributed by atoms with Crippen LogP contribution in [-0.2, 0) is 5.41 Å². The summed E-state index contributed by atoms with van der Waals surface area (Å²) >= 11 is 0. The summed E-state index contributed by atoms with van der Waals surface area (Å²) in [6.07, 6.45) is 0. The largest absolute Gasteiger partial charge is 0.310 e. The van der Waals surface area contributed by atoms with Crippen LogP contribution in [0.1, 0.15) is 25.0 Å². The Morgan fingerprint density at radius 1 is 0.352 bits per heavy atom. The standard InChI is InChI=1S/C53H39N/c1-53(2)49-22-12-10-21-47(49)48-35-43(31-33-50(48)53)54(51-23-13-11-19-44(51)41-25-24-36-14-6-7-18-40(36)34-41)42-29-26-38(27-30-42)46-32-28-37-15-8-9-20-45(37)52(46)39-16-4-3-5-17-39/h3-35H,1-2H3. The summed E-state index contributed by atoms with van der Waals surface area (Å²) in [7, 11) is 0. The first-order valence-corrected chi connectivity index (χ1v) is 18.8. The highest BCUT2D eigenvalue weighted by molar-refractivity contribution is 6.04. The van der Waals surface area contributed by atoms with E-state index in [1.165, 1.54) is 77.2 Å². The molecule has 1 aliphatic rings. The topological polar surface area (TPSA) is 3.24 Å². The predicted molar refractivity (Wildman–Crippen MR) is 230 cm³/mol. The number of rotatable bonds is 6. The van der Waals surface area contributed by atoms with Crippen LogP contribution in [-0.4, -0.2) is 0 Å². The first-order valence-electron chi connectivity index (χ1n) is 18.8. The Kier molecular flexibility index (Phi) is 7.56. The summed E-state index contributed by atoms with van der Waals surface area (Å²) in [6.45, 7) is 4.69. The lowest BCUT2D eigenvalue weighted by atomic mass is 9.82. The number of para-hydroxylation sites is 1. The Bertz CT molecular complexity index is 2850. The van der Waals surface area contributed by atoms with Crippen LogP contribution in [0.4, 0.5) is 17.1 Å². The van der Waals surface area contributed by atoms with Gasteiger partial charge in [0.2, 0.25) is 0 Å². The van der Waals surface area contributed by atoms with Gasteiger partial charge >= 0.3 is 0 Å². The monoisotopic (exact) mass is 689 g/mol. The molecule has 54 heavy (non-hydrogen) atoms. The van der Waals surface area contributed by atoms with E-state index in [1.807, 2.05) is 0 Å². The van der Waals surface area contributed by atoms with Gasteiger partial charge in [0.1, 0.15) is 0 Å². The highest BCUT2D eigenvalue weighted by Crippen LogP contribution is 2.51. The Hall–Kier alpha value is -6.70. The molecule has 1 aliphatic carbocycles. The van der Waals surface area contributed by atoms with E-state index in [-0.39, 0.29) is 5.41 Å². The molecule has 0 saturated heterocycles. The van der Waals surface area contributed by atoms with Crippen LogP contribution < -0.4 is 4.90 Å². The van der Waals surface area contributed by atoms with E-state index in [4.69, 9.17) is 0 Å². The van der Waals surface area contributed by atoms with Crippen LogP contribution in [0.15, 0.2) is 200 Å². The molecular formula is C53H39N. The molecule has 0 radical (unpaired) electrons. The summed E-state index contributed by atoms with van der Waals surface area (Å²) in [5.41, 5.74) is 16.0. The maximum atomic E-state index is 2.45. The fraction of sp³-hybridized carbons (Fsp3) is 0.0566. The van der Waals surface area contributed by atoms with Crippen molar-refractivity contribution >= 4 is 38.6 Å². The molecule has 0 saturated carbocycles. The Labute approximate surface area is 317 Å². The molecule has 9 aromatic carbocycles. The van der Waals surface area contributed by atoms with Gasteiger partial charge in [0.25, 0.3) is 0 Å². The van der Waals surface area contributed by atoms with E-state index < -0.39 is 0 Å². The van der Waals surface area contributed by atoms with E-state index in [9.17, 15) is 0 Å². The quantitative estimate of drug-likeness (QED) is 0.168. The predicted octanol–water partition coefficient (Wildman–Crippen LogP) is 14.8. The molecule has 0 aliphatic heterocycles. The van der Waals surface area contributed by atoms with Gasteiger partial charge in [-0.25, -0.2) is 0 Å². The van der Waals surface area contributed by atoms with Gasteiger partial charge < -0.3 is 4.90 Å². The van der Waals surface area contributed by atoms with Crippen LogP contribution in [0.3, 0.4) is 0 Å². The number of benzene rings is 9. The van der Waals surface area contributed by atoms with Crippen molar-refractivity contribution in [1.29, 1.82) is 0 Å². The van der Waals surface area contributed by atoms with Crippen LogP contribution in [0.2, 0.25) is 0 Å². The molecule has 0 unspecified atom stereocenters. The van der Waals surface area contributed by atoms with Crippen LogP contribution in [0.5, 0.6) is 0 Å². The summed E-state index contributed by atoms with van der Waals surface area (Å²) in [4.78, 5) is 2.45. The van der Waals surface area contributed by atoms with E-state index in [1.54, 1.807) is 0 Å². The Morgan fingerprint density at radius 3 is 1.80 bits per heavy atom. The van der Waals surface area contributed by atoms with Crippen LogP contribution in [0, 0.1) is 0 Å². The van der Waals surface area contributed by atoms with Gasteiger partial charge in [-0.15, -0.1) is 0 Å². The molecule has 0 aromatic heterocycles. The summed E-state index contributed by atoms with van der Waals surface area (Å²) < 4.78 is 0. The van der Waals surface area contributed by atoms with Crippen molar-refractivity contribution in [3.8, 4) is 44.5 Å². The molecule has 0 heterocycles. The molecule has 10 rings (SSSR count). The smallest absolute Gasteiger partial charge is 0.0540 e. The molecule has 0 bridgehead atoms. The maximum Gasteiger partial charge on any atom is 0.0540 e. The molecule has 0 fully saturated rings. The number of anilines is 3. The van der Waals surface area contributed by atoms with Crippen molar-refractivity contribution in [1.82, 2.24) is 0 Å². The summed E-state index contributed by atoms with van der Waals surface area (Å²) in [5.74, 6) is 0. The highest BCUT2D eigenvalue weighted by atomic mass is 15.1. The van der Waals surface area contributed by atoms with Crippen molar-refractivity contribution in [3.63, 3.8) is 0 Å². The van der Waals surface area contributed by atoms with Crippen molar-refractivity contribution in [2.75, 3.05) is 4.90 Å². The number of hydrogen-bond acceptors (Lipinski definition) is 1. The first kappa shape index (κ1) is 32.0. The zero-order valence-corrected chi connectivity index (χ0v) is 30.5. The van der Waals surface area contributed by atoms with Crippen LogP contribution >= 0.6 is 0 Å². The van der Waals surface area contributed by atoms with E-state index in [0.29, 0.717) is 0 Å². The average Bonchev–Trinajstić information content (AvgIpc) is 3.46. The van der Waals surface area contributed by atoms with Crippen LogP contribution in [0.25, 0.3) is 66.1 Å². The van der Waals surface area contributed by atoms with Gasteiger partial charge in [0, 0.05) is 22.4 Å². The normalized spacial score (nSPS) is 12.8. The molecule has 9 aromatic rings. The summed E-state index contributed by atoms with van der Waals surface area (Å²) in [6, 6.07) is 73.5. The second-order valence-electron chi connectivity index (χ2n) is 14.9. The molecule has 0 atom stereocenters. The SMILES string of the molecule is CC1(C)c2ccccc2-c2cc(N(c3ccc(-c4ccc5ccccc5c4-c4ccccc4)cc3)c3ccccc3-c3ccc4ccccc4c3)ccc21. The van der Waals surface area contributed by atoms with Gasteiger partial charge in [-0.1, -0.05) is 178 Å². The molecule has 0 amide bonds. The molecule has 1 nitrogen and oxygen atoms in total. The van der Waals surface area contributed by atoms with Crippen molar-refractivity contribution in [2.45, 2.75) is 19.3 Å². The minimum absolute atomic E-state index is 0.0593. The molecule has 0 N–H and O–H groups in total. The van der Waals surface area contributed by atoms with Gasteiger partial charge in [0.05, 0.1) is 5.69 Å².